The Bertz CT molecular complexity index is 832. The number of fused-ring (bicyclic) bond motifs is 1. The quantitative estimate of drug-likeness (QED) is 0.758. The first kappa shape index (κ1) is 14.0. The van der Waals surface area contributed by atoms with Gasteiger partial charge in [-0.2, -0.15) is 5.26 Å². The number of hydrogen-bond acceptors (Lipinski definition) is 4. The van der Waals surface area contributed by atoms with Gasteiger partial charge in [-0.15, -0.1) is 0 Å². The van der Waals surface area contributed by atoms with Crippen molar-refractivity contribution >= 4 is 16.7 Å². The van der Waals surface area contributed by atoms with E-state index in [0.29, 0.717) is 17.9 Å². The van der Waals surface area contributed by atoms with Crippen LogP contribution in [0.15, 0.2) is 42.7 Å². The van der Waals surface area contributed by atoms with E-state index in [9.17, 15) is 0 Å². The lowest BCUT2D eigenvalue weighted by atomic mass is 10.1. The van der Waals surface area contributed by atoms with Crippen LogP contribution in [0, 0.1) is 11.3 Å². The molecule has 3 rings (SSSR count). The highest BCUT2D eigenvalue weighted by Gasteiger charge is 2.06. The molecule has 0 fully saturated rings. The monoisotopic (exact) mass is 292 g/mol. The van der Waals surface area contributed by atoms with Crippen LogP contribution in [-0.4, -0.2) is 23.6 Å². The van der Waals surface area contributed by atoms with Crippen molar-refractivity contribution in [1.29, 1.82) is 5.26 Å². The molecule has 0 atom stereocenters. The summed E-state index contributed by atoms with van der Waals surface area (Å²) in [6.45, 7) is 0.704. The maximum Gasteiger partial charge on any atom is 0.143 e. The van der Waals surface area contributed by atoms with Crippen molar-refractivity contribution < 1.29 is 4.74 Å². The second kappa shape index (κ2) is 6.19. The van der Waals surface area contributed by atoms with Gasteiger partial charge in [0.1, 0.15) is 17.6 Å². The molecule has 2 heterocycles. The van der Waals surface area contributed by atoms with Crippen molar-refractivity contribution in [3.05, 3.63) is 53.9 Å². The lowest BCUT2D eigenvalue weighted by Crippen LogP contribution is -2.07. The summed E-state index contributed by atoms with van der Waals surface area (Å²) in [6, 6.07) is 11.6. The molecule has 0 saturated heterocycles. The summed E-state index contributed by atoms with van der Waals surface area (Å²) in [4.78, 5) is 7.46. The molecule has 5 heteroatoms. The van der Waals surface area contributed by atoms with Gasteiger partial charge in [-0.3, -0.25) is 0 Å². The van der Waals surface area contributed by atoms with Gasteiger partial charge in [0.15, 0.2) is 0 Å². The zero-order chi connectivity index (χ0) is 15.4. The van der Waals surface area contributed by atoms with Gasteiger partial charge in [-0.25, -0.2) is 4.98 Å². The first-order valence-electron chi connectivity index (χ1n) is 7.05. The highest BCUT2D eigenvalue weighted by Crippen LogP contribution is 2.24. The summed E-state index contributed by atoms with van der Waals surface area (Å²) >= 11 is 0. The molecule has 0 aliphatic rings. The molecule has 0 radical (unpaired) electrons. The highest BCUT2D eigenvalue weighted by atomic mass is 16.5. The van der Waals surface area contributed by atoms with Gasteiger partial charge in [0, 0.05) is 29.8 Å². The molecule has 0 saturated carbocycles. The van der Waals surface area contributed by atoms with Crippen LogP contribution in [0.4, 0.5) is 5.82 Å². The normalized spacial score (nSPS) is 10.4. The molecule has 3 aromatic rings. The number of nitrogens with one attached hydrogen (secondary N) is 2. The van der Waals surface area contributed by atoms with Gasteiger partial charge in [-0.05, 0) is 42.3 Å². The van der Waals surface area contributed by atoms with Crippen molar-refractivity contribution in [1.82, 2.24) is 9.97 Å². The number of anilines is 1. The van der Waals surface area contributed by atoms with Crippen molar-refractivity contribution in [3.8, 4) is 11.8 Å². The number of ether oxygens (including phenoxy) is 1. The van der Waals surface area contributed by atoms with Crippen LogP contribution in [0.5, 0.6) is 5.75 Å². The molecule has 0 amide bonds. The predicted octanol–water partition coefficient (Wildman–Crippen LogP) is 3.10. The molecular formula is C17H16N4O. The Kier molecular flexibility index (Phi) is 3.92. The molecule has 110 valence electrons. The molecule has 0 unspecified atom stereocenters. The third-order valence-corrected chi connectivity index (χ3v) is 3.59. The van der Waals surface area contributed by atoms with Crippen molar-refractivity contribution in [2.45, 2.75) is 6.42 Å². The van der Waals surface area contributed by atoms with Crippen LogP contribution in [0.3, 0.4) is 0 Å². The molecule has 0 aliphatic carbocycles. The predicted molar refractivity (Wildman–Crippen MR) is 86.0 cm³/mol. The number of rotatable bonds is 5. The van der Waals surface area contributed by atoms with Gasteiger partial charge >= 0.3 is 0 Å². The number of methoxy groups -OCH3 is 1. The molecule has 0 aliphatic heterocycles. The van der Waals surface area contributed by atoms with E-state index in [1.54, 1.807) is 25.4 Å². The van der Waals surface area contributed by atoms with E-state index in [-0.39, 0.29) is 0 Å². The Balaban J connectivity index is 1.73. The summed E-state index contributed by atoms with van der Waals surface area (Å²) in [6.07, 6.45) is 4.52. The number of nitriles is 1. The van der Waals surface area contributed by atoms with Gasteiger partial charge in [0.25, 0.3) is 0 Å². The largest absolute Gasteiger partial charge is 0.497 e. The van der Waals surface area contributed by atoms with E-state index in [1.165, 1.54) is 5.56 Å². The summed E-state index contributed by atoms with van der Waals surface area (Å²) in [7, 11) is 1.67. The van der Waals surface area contributed by atoms with Crippen LogP contribution in [0.1, 0.15) is 11.1 Å². The molecule has 0 spiro atoms. The fourth-order valence-corrected chi connectivity index (χ4v) is 2.44. The second-order valence-corrected chi connectivity index (χ2v) is 4.91. The van der Waals surface area contributed by atoms with Crippen LogP contribution < -0.4 is 10.1 Å². The minimum Gasteiger partial charge on any atom is -0.497 e. The topological polar surface area (TPSA) is 73.7 Å². The SMILES string of the molecule is COc1ccc2[nH]cc(CCNc3ncccc3C#N)c2c1. The number of hydrogen-bond donors (Lipinski definition) is 2. The third kappa shape index (κ3) is 2.72. The molecule has 1 aromatic carbocycles. The number of benzene rings is 1. The van der Waals surface area contributed by atoms with Crippen LogP contribution in [-0.2, 0) is 6.42 Å². The maximum atomic E-state index is 9.05. The number of nitrogens with zero attached hydrogens (tertiary/aromatic N) is 2. The second-order valence-electron chi connectivity index (χ2n) is 4.91. The number of aromatic amines is 1. The molecule has 2 aromatic heterocycles. The Morgan fingerprint density at radius 1 is 1.36 bits per heavy atom. The van der Waals surface area contributed by atoms with E-state index < -0.39 is 0 Å². The molecule has 0 bridgehead atoms. The van der Waals surface area contributed by atoms with E-state index in [4.69, 9.17) is 10.00 Å². The van der Waals surface area contributed by atoms with E-state index in [1.807, 2.05) is 24.4 Å². The average molecular weight is 292 g/mol. The minimum absolute atomic E-state index is 0.558. The van der Waals surface area contributed by atoms with Crippen molar-refractivity contribution in [3.63, 3.8) is 0 Å². The van der Waals surface area contributed by atoms with Gasteiger partial charge in [0.2, 0.25) is 0 Å². The van der Waals surface area contributed by atoms with Gasteiger partial charge in [-0.1, -0.05) is 0 Å². The summed E-state index contributed by atoms with van der Waals surface area (Å²) in [5.74, 6) is 1.47. The lowest BCUT2D eigenvalue weighted by Gasteiger charge is -2.06. The summed E-state index contributed by atoms with van der Waals surface area (Å²) in [5, 5.41) is 13.4. The number of H-pyrrole nitrogens is 1. The van der Waals surface area contributed by atoms with Gasteiger partial charge < -0.3 is 15.0 Å². The van der Waals surface area contributed by atoms with Crippen LogP contribution in [0.2, 0.25) is 0 Å². The Morgan fingerprint density at radius 2 is 2.27 bits per heavy atom. The Hall–Kier alpha value is -3.00. The summed E-state index contributed by atoms with van der Waals surface area (Å²) < 4.78 is 5.28. The summed E-state index contributed by atoms with van der Waals surface area (Å²) in [5.41, 5.74) is 2.85. The van der Waals surface area contributed by atoms with Crippen molar-refractivity contribution in [2.24, 2.45) is 0 Å². The average Bonchev–Trinajstić information content (AvgIpc) is 2.97. The fraction of sp³-hybridized carbons (Fsp3) is 0.176. The first-order chi connectivity index (χ1) is 10.8. The Morgan fingerprint density at radius 3 is 3.09 bits per heavy atom. The van der Waals surface area contributed by atoms with Gasteiger partial charge in [0.05, 0.1) is 12.7 Å². The highest BCUT2D eigenvalue weighted by molar-refractivity contribution is 5.84. The molecule has 2 N–H and O–H groups in total. The fourth-order valence-electron chi connectivity index (χ4n) is 2.44. The standard InChI is InChI=1S/C17H16N4O/c1-22-14-4-5-16-15(9-14)13(11-21-16)6-8-20-17-12(10-18)3-2-7-19-17/h2-5,7,9,11,21H,6,8H2,1H3,(H,19,20). The van der Waals surface area contributed by atoms with E-state index >= 15 is 0 Å². The zero-order valence-electron chi connectivity index (χ0n) is 12.3. The smallest absolute Gasteiger partial charge is 0.143 e. The van der Waals surface area contributed by atoms with Crippen LogP contribution >= 0.6 is 0 Å². The number of aromatic nitrogens is 2. The maximum absolute atomic E-state index is 9.05. The minimum atomic E-state index is 0.558. The first-order valence-corrected chi connectivity index (χ1v) is 7.05. The lowest BCUT2D eigenvalue weighted by molar-refractivity contribution is 0.415. The molecule has 5 nitrogen and oxygen atoms in total. The Labute approximate surface area is 128 Å². The molecular weight excluding hydrogens is 276 g/mol. The number of pyridine rings is 1. The van der Waals surface area contributed by atoms with Crippen LogP contribution in [0.25, 0.3) is 10.9 Å². The zero-order valence-corrected chi connectivity index (χ0v) is 12.3. The van der Waals surface area contributed by atoms with E-state index in [0.717, 1.165) is 23.1 Å². The van der Waals surface area contributed by atoms with E-state index in [2.05, 4.69) is 21.4 Å². The third-order valence-electron chi connectivity index (χ3n) is 3.59. The molecule has 22 heavy (non-hydrogen) atoms. The van der Waals surface area contributed by atoms with Crippen molar-refractivity contribution in [2.75, 3.05) is 19.0 Å².